The molecule has 0 bridgehead atoms. The topological polar surface area (TPSA) is 104 Å². The normalized spacial score (nSPS) is 20.7. The van der Waals surface area contributed by atoms with E-state index in [9.17, 15) is 24.0 Å². The zero-order valence-corrected chi connectivity index (χ0v) is 16.3. The zero-order valence-electron chi connectivity index (χ0n) is 16.3. The van der Waals surface area contributed by atoms with Crippen molar-refractivity contribution < 1.29 is 24.0 Å². The average molecular weight is 397 g/mol. The molecule has 1 saturated carbocycles. The first-order valence-electron chi connectivity index (χ1n) is 9.92. The number of hydrogen-bond acceptors (Lipinski definition) is 6. The molecule has 2 heterocycles. The van der Waals surface area contributed by atoms with Gasteiger partial charge in [-0.05, 0) is 31.0 Å². The van der Waals surface area contributed by atoms with Crippen molar-refractivity contribution in [2.75, 3.05) is 18.0 Å². The van der Waals surface area contributed by atoms with E-state index >= 15 is 0 Å². The second-order valence-electron chi connectivity index (χ2n) is 8.20. The maximum atomic E-state index is 13.0. The highest BCUT2D eigenvalue weighted by Gasteiger charge is 2.48. The van der Waals surface area contributed by atoms with Crippen LogP contribution in [0.5, 0.6) is 0 Å². The van der Waals surface area contributed by atoms with Crippen LogP contribution in [0, 0.1) is 5.41 Å². The summed E-state index contributed by atoms with van der Waals surface area (Å²) in [6, 6.07) is 4.13. The Morgan fingerprint density at radius 2 is 1.93 bits per heavy atom. The lowest BCUT2D eigenvalue weighted by Gasteiger charge is -2.36. The van der Waals surface area contributed by atoms with Crippen molar-refractivity contribution in [2.24, 2.45) is 5.41 Å². The van der Waals surface area contributed by atoms with Gasteiger partial charge in [-0.25, -0.2) is 0 Å². The molecule has 4 amide bonds. The molecule has 152 valence electrons. The minimum atomic E-state index is -1.02. The van der Waals surface area contributed by atoms with Gasteiger partial charge >= 0.3 is 0 Å². The third-order valence-electron chi connectivity index (χ3n) is 6.23. The van der Waals surface area contributed by atoms with Crippen molar-refractivity contribution in [3.63, 3.8) is 0 Å². The third kappa shape index (κ3) is 3.12. The van der Waals surface area contributed by atoms with Crippen molar-refractivity contribution in [3.05, 3.63) is 29.3 Å². The second kappa shape index (κ2) is 7.09. The van der Waals surface area contributed by atoms with Crippen LogP contribution < -0.4 is 10.2 Å². The van der Waals surface area contributed by atoms with Gasteiger partial charge in [0.2, 0.25) is 12.3 Å². The highest BCUT2D eigenvalue weighted by Crippen LogP contribution is 2.47. The number of anilines is 1. The zero-order chi connectivity index (χ0) is 20.8. The molecule has 29 heavy (non-hydrogen) atoms. The van der Waals surface area contributed by atoms with Gasteiger partial charge in [0.05, 0.1) is 11.1 Å². The van der Waals surface area contributed by atoms with Gasteiger partial charge in [-0.2, -0.15) is 0 Å². The number of carbonyl (C=O) groups excluding carboxylic acids is 5. The summed E-state index contributed by atoms with van der Waals surface area (Å²) in [5.41, 5.74) is 1.44. The molecule has 1 N–H and O–H groups in total. The largest absolute Gasteiger partial charge is 0.371 e. The molecule has 1 aromatic rings. The quantitative estimate of drug-likeness (QED) is 0.573. The Labute approximate surface area is 168 Å². The molecule has 1 aliphatic carbocycles. The molecular formula is C21H23N3O5. The van der Waals surface area contributed by atoms with Gasteiger partial charge in [-0.3, -0.25) is 34.2 Å². The predicted molar refractivity (Wildman–Crippen MR) is 103 cm³/mol. The van der Waals surface area contributed by atoms with E-state index in [4.69, 9.17) is 0 Å². The number of carbonyl (C=O) groups is 5. The van der Waals surface area contributed by atoms with E-state index in [0.717, 1.165) is 30.1 Å². The number of Topliss-reactive ketones (excluding diaryl/α,β-unsaturated/α-hetero) is 1. The molecule has 1 saturated heterocycles. The van der Waals surface area contributed by atoms with Crippen molar-refractivity contribution in [1.29, 1.82) is 0 Å². The second-order valence-corrected chi connectivity index (χ2v) is 8.20. The van der Waals surface area contributed by atoms with Crippen LogP contribution in [0.4, 0.5) is 5.69 Å². The number of ketones is 1. The van der Waals surface area contributed by atoms with Crippen LogP contribution in [-0.2, 0) is 14.4 Å². The summed E-state index contributed by atoms with van der Waals surface area (Å²) in [6.07, 6.45) is 3.29. The van der Waals surface area contributed by atoms with Crippen molar-refractivity contribution in [1.82, 2.24) is 10.2 Å². The van der Waals surface area contributed by atoms with E-state index in [1.165, 1.54) is 0 Å². The Morgan fingerprint density at radius 1 is 1.21 bits per heavy atom. The molecule has 8 heteroatoms. The van der Waals surface area contributed by atoms with E-state index in [0.29, 0.717) is 25.0 Å². The molecule has 2 aliphatic heterocycles. The average Bonchev–Trinajstić information content (AvgIpc) is 3.21. The summed E-state index contributed by atoms with van der Waals surface area (Å²) < 4.78 is 0. The fourth-order valence-electron chi connectivity index (χ4n) is 4.76. The van der Waals surface area contributed by atoms with E-state index in [2.05, 4.69) is 10.2 Å². The first-order chi connectivity index (χ1) is 13.9. The van der Waals surface area contributed by atoms with Gasteiger partial charge in [0.25, 0.3) is 11.8 Å². The Hall–Kier alpha value is -3.03. The summed E-state index contributed by atoms with van der Waals surface area (Å²) in [4.78, 5) is 63.3. The van der Waals surface area contributed by atoms with Crippen molar-refractivity contribution >= 4 is 35.6 Å². The molecule has 1 atom stereocenters. The minimum absolute atomic E-state index is 0.0566. The maximum Gasteiger partial charge on any atom is 0.262 e. The van der Waals surface area contributed by atoms with Gasteiger partial charge in [0, 0.05) is 37.0 Å². The number of amides is 4. The van der Waals surface area contributed by atoms with Crippen LogP contribution in [0.3, 0.4) is 0 Å². The molecule has 4 rings (SSSR count). The van der Waals surface area contributed by atoms with E-state index < -0.39 is 23.8 Å². The van der Waals surface area contributed by atoms with Crippen LogP contribution in [0.15, 0.2) is 18.2 Å². The van der Waals surface area contributed by atoms with Crippen LogP contribution >= 0.6 is 0 Å². The number of imide groups is 2. The first kappa shape index (κ1) is 19.3. The van der Waals surface area contributed by atoms with Gasteiger partial charge in [0.1, 0.15) is 11.8 Å². The molecule has 2 fully saturated rings. The Kier molecular flexibility index (Phi) is 4.72. The molecule has 1 unspecified atom stereocenters. The number of rotatable bonds is 6. The fourth-order valence-corrected chi connectivity index (χ4v) is 4.76. The van der Waals surface area contributed by atoms with Gasteiger partial charge < -0.3 is 4.90 Å². The van der Waals surface area contributed by atoms with Gasteiger partial charge in [0.15, 0.2) is 0 Å². The van der Waals surface area contributed by atoms with E-state index in [-0.39, 0.29) is 29.4 Å². The fraction of sp³-hybridized carbons (Fsp3) is 0.476. The van der Waals surface area contributed by atoms with Crippen LogP contribution in [0.2, 0.25) is 0 Å². The molecular weight excluding hydrogens is 374 g/mol. The summed E-state index contributed by atoms with van der Waals surface area (Å²) >= 11 is 0. The third-order valence-corrected chi connectivity index (χ3v) is 6.23. The first-order valence-corrected chi connectivity index (χ1v) is 9.92. The van der Waals surface area contributed by atoms with Crippen LogP contribution in [-0.4, -0.2) is 53.9 Å². The predicted octanol–water partition coefficient (Wildman–Crippen LogP) is 1.28. The molecule has 1 spiro atoms. The molecule has 0 aromatic heterocycles. The Bertz CT molecular complexity index is 917. The summed E-state index contributed by atoms with van der Waals surface area (Å²) in [5.74, 6) is -1.39. The SMILES string of the molecule is CCCC(C(=O)NC=O)N1C(=O)c2ccc(N3CCC4(CC(=O)C4)C3)cc2C1=O. The number of hydrogen-bond donors (Lipinski definition) is 1. The van der Waals surface area contributed by atoms with Gasteiger partial charge in [-0.15, -0.1) is 0 Å². The Balaban J connectivity index is 1.58. The molecule has 8 nitrogen and oxygen atoms in total. The lowest BCUT2D eigenvalue weighted by atomic mass is 9.67. The lowest BCUT2D eigenvalue weighted by Crippen LogP contribution is -2.49. The van der Waals surface area contributed by atoms with Gasteiger partial charge in [-0.1, -0.05) is 13.3 Å². The lowest BCUT2D eigenvalue weighted by molar-refractivity contribution is -0.131. The highest BCUT2D eigenvalue weighted by atomic mass is 16.2. The van der Waals surface area contributed by atoms with Crippen LogP contribution in [0.1, 0.15) is 59.7 Å². The molecule has 1 aromatic carbocycles. The number of fused-ring (bicyclic) bond motifs is 1. The van der Waals surface area contributed by atoms with Crippen molar-refractivity contribution in [3.8, 4) is 0 Å². The molecule has 3 aliphatic rings. The highest BCUT2D eigenvalue weighted by molar-refractivity contribution is 6.23. The minimum Gasteiger partial charge on any atom is -0.371 e. The number of nitrogens with zero attached hydrogens (tertiary/aromatic N) is 2. The Morgan fingerprint density at radius 3 is 2.59 bits per heavy atom. The number of nitrogens with one attached hydrogen (secondary N) is 1. The smallest absolute Gasteiger partial charge is 0.262 e. The van der Waals surface area contributed by atoms with E-state index in [1.807, 2.05) is 13.0 Å². The monoisotopic (exact) mass is 397 g/mol. The number of benzene rings is 1. The maximum absolute atomic E-state index is 13.0. The molecule has 0 radical (unpaired) electrons. The summed E-state index contributed by atoms with van der Waals surface area (Å²) in [7, 11) is 0. The van der Waals surface area contributed by atoms with Crippen molar-refractivity contribution in [2.45, 2.75) is 45.1 Å². The van der Waals surface area contributed by atoms with Crippen LogP contribution in [0.25, 0.3) is 0 Å². The summed E-state index contributed by atoms with van der Waals surface area (Å²) in [6.45, 7) is 3.41. The standard InChI is InChI=1S/C21H23N3O5/c1-2-3-17(18(27)22-12-25)24-19(28)15-5-4-13(8-16(15)20(24)29)23-7-6-21(11-23)9-14(26)10-21/h4-5,8,12,17H,2-3,6-7,9-11H2,1H3,(H,22,25,27). The van der Waals surface area contributed by atoms with E-state index in [1.54, 1.807) is 12.1 Å². The summed E-state index contributed by atoms with van der Waals surface area (Å²) in [5, 5.41) is 2.06.